The number of carbonyl (C=O) groups is 1. The lowest BCUT2D eigenvalue weighted by Gasteiger charge is -2.14. The fourth-order valence-corrected chi connectivity index (χ4v) is 3.21. The second-order valence-corrected chi connectivity index (χ2v) is 7.95. The molecule has 27 heavy (non-hydrogen) atoms. The van der Waals surface area contributed by atoms with Gasteiger partial charge in [-0.1, -0.05) is 51.1 Å². The molecule has 0 fully saturated rings. The van der Waals surface area contributed by atoms with E-state index >= 15 is 0 Å². The lowest BCUT2D eigenvalue weighted by Crippen LogP contribution is -2.18. The van der Waals surface area contributed by atoms with E-state index in [9.17, 15) is 9.59 Å². The van der Waals surface area contributed by atoms with Crippen LogP contribution < -0.4 is 15.5 Å². The Morgan fingerprint density at radius 1 is 1.26 bits per heavy atom. The van der Waals surface area contributed by atoms with Crippen molar-refractivity contribution in [2.75, 3.05) is 5.32 Å². The van der Waals surface area contributed by atoms with E-state index in [1.165, 1.54) is 23.6 Å². The average molecular weight is 383 g/mol. The predicted molar refractivity (Wildman–Crippen MR) is 107 cm³/mol. The highest BCUT2D eigenvalue weighted by atomic mass is 32.1. The van der Waals surface area contributed by atoms with Gasteiger partial charge in [-0.2, -0.15) is 0 Å². The highest BCUT2D eigenvalue weighted by Crippen LogP contribution is 2.26. The molecule has 140 valence electrons. The maximum Gasteiger partial charge on any atom is 0.273 e. The minimum atomic E-state index is -0.420. The number of rotatable bonds is 5. The Morgan fingerprint density at radius 3 is 2.63 bits per heavy atom. The SMILES string of the molecule is CC(C)(C)c1csc(NC(=O)c2cc(=O)c(OCc3ccccc3)c[nH]2)n1. The van der Waals surface area contributed by atoms with Gasteiger partial charge in [0.05, 0.1) is 5.69 Å². The number of H-pyrrole nitrogens is 1. The molecular weight excluding hydrogens is 362 g/mol. The summed E-state index contributed by atoms with van der Waals surface area (Å²) in [6.45, 7) is 6.45. The highest BCUT2D eigenvalue weighted by Gasteiger charge is 2.19. The van der Waals surface area contributed by atoms with Gasteiger partial charge >= 0.3 is 0 Å². The van der Waals surface area contributed by atoms with E-state index in [1.54, 1.807) is 0 Å². The third-order valence-electron chi connectivity index (χ3n) is 3.85. The summed E-state index contributed by atoms with van der Waals surface area (Å²) in [6, 6.07) is 10.8. The summed E-state index contributed by atoms with van der Waals surface area (Å²) in [5.74, 6) is -0.254. The molecule has 0 bridgehead atoms. The van der Waals surface area contributed by atoms with Crippen LogP contribution >= 0.6 is 11.3 Å². The topological polar surface area (TPSA) is 84.1 Å². The molecule has 0 unspecified atom stereocenters. The number of carbonyl (C=O) groups excluding carboxylic acids is 1. The first-order valence-corrected chi connectivity index (χ1v) is 9.38. The Morgan fingerprint density at radius 2 is 2.00 bits per heavy atom. The van der Waals surface area contributed by atoms with Crippen LogP contribution in [0, 0.1) is 0 Å². The van der Waals surface area contributed by atoms with Gasteiger partial charge in [-0.15, -0.1) is 11.3 Å². The molecule has 2 N–H and O–H groups in total. The Hall–Kier alpha value is -2.93. The second-order valence-electron chi connectivity index (χ2n) is 7.09. The lowest BCUT2D eigenvalue weighted by molar-refractivity contribution is 0.102. The number of anilines is 1. The molecule has 0 spiro atoms. The van der Waals surface area contributed by atoms with E-state index in [1.807, 2.05) is 35.7 Å². The number of nitrogens with one attached hydrogen (secondary N) is 2. The zero-order valence-electron chi connectivity index (χ0n) is 15.4. The Labute approximate surface area is 161 Å². The minimum absolute atomic E-state index is 0.0917. The van der Waals surface area contributed by atoms with Crippen LogP contribution in [-0.4, -0.2) is 15.9 Å². The molecular formula is C20H21N3O3S. The number of benzene rings is 1. The molecule has 0 saturated carbocycles. The van der Waals surface area contributed by atoms with Crippen LogP contribution in [0.3, 0.4) is 0 Å². The molecule has 1 amide bonds. The van der Waals surface area contributed by atoms with Gasteiger partial charge in [0.2, 0.25) is 5.43 Å². The van der Waals surface area contributed by atoms with E-state index in [2.05, 4.69) is 36.1 Å². The number of aromatic amines is 1. The van der Waals surface area contributed by atoms with Gasteiger partial charge in [0.15, 0.2) is 10.9 Å². The molecule has 0 radical (unpaired) electrons. The summed E-state index contributed by atoms with van der Waals surface area (Å²) in [5.41, 5.74) is 1.56. The summed E-state index contributed by atoms with van der Waals surface area (Å²) in [6.07, 6.45) is 1.41. The molecule has 3 aromatic rings. The quantitative estimate of drug-likeness (QED) is 0.698. The maximum absolute atomic E-state index is 12.4. The second kappa shape index (κ2) is 7.75. The zero-order chi connectivity index (χ0) is 19.4. The number of ether oxygens (including phenoxy) is 1. The Balaban J connectivity index is 1.66. The van der Waals surface area contributed by atoms with Crippen LogP contribution in [0.15, 0.2) is 52.8 Å². The van der Waals surface area contributed by atoms with Crippen molar-refractivity contribution >= 4 is 22.4 Å². The number of hydrogen-bond acceptors (Lipinski definition) is 5. The first-order valence-electron chi connectivity index (χ1n) is 8.50. The monoisotopic (exact) mass is 383 g/mol. The summed E-state index contributed by atoms with van der Waals surface area (Å²) in [4.78, 5) is 31.8. The van der Waals surface area contributed by atoms with Crippen molar-refractivity contribution in [1.82, 2.24) is 9.97 Å². The van der Waals surface area contributed by atoms with Gasteiger partial charge in [-0.3, -0.25) is 14.9 Å². The van der Waals surface area contributed by atoms with Crippen LogP contribution in [0.5, 0.6) is 5.75 Å². The molecule has 0 saturated heterocycles. The molecule has 0 aliphatic heterocycles. The number of aromatic nitrogens is 2. The standard InChI is InChI=1S/C20H21N3O3S/c1-20(2,3)17-12-27-19(22-17)23-18(25)14-9-15(24)16(10-21-14)26-11-13-7-5-4-6-8-13/h4-10,12H,11H2,1-3H3,(H,21,24)(H,22,23,25). The van der Waals surface area contributed by atoms with Gasteiger partial charge < -0.3 is 9.72 Å². The van der Waals surface area contributed by atoms with E-state index < -0.39 is 5.91 Å². The minimum Gasteiger partial charge on any atom is -0.483 e. The molecule has 2 aromatic heterocycles. The number of hydrogen-bond donors (Lipinski definition) is 2. The summed E-state index contributed by atoms with van der Waals surface area (Å²) < 4.78 is 5.53. The van der Waals surface area contributed by atoms with Crippen LogP contribution in [0.2, 0.25) is 0 Å². The first-order chi connectivity index (χ1) is 12.8. The molecule has 0 aliphatic rings. The fraction of sp³-hybridized carbons (Fsp3) is 0.250. The van der Waals surface area contributed by atoms with Crippen molar-refractivity contribution in [2.45, 2.75) is 32.8 Å². The van der Waals surface area contributed by atoms with Crippen molar-refractivity contribution < 1.29 is 9.53 Å². The van der Waals surface area contributed by atoms with Gasteiger partial charge in [-0.05, 0) is 5.56 Å². The van der Waals surface area contributed by atoms with Gasteiger partial charge in [0.25, 0.3) is 5.91 Å². The molecule has 0 aliphatic carbocycles. The summed E-state index contributed by atoms with van der Waals surface area (Å²) in [7, 11) is 0. The van der Waals surface area contributed by atoms with Gasteiger partial charge in [0, 0.05) is 23.1 Å². The number of amides is 1. The van der Waals surface area contributed by atoms with Crippen molar-refractivity contribution in [2.24, 2.45) is 0 Å². The number of thiazole rings is 1. The normalized spacial score (nSPS) is 11.2. The molecule has 0 atom stereocenters. The third kappa shape index (κ3) is 4.83. The number of pyridine rings is 1. The summed E-state index contributed by atoms with van der Waals surface area (Å²) in [5, 5.41) is 5.12. The van der Waals surface area contributed by atoms with E-state index in [0.29, 0.717) is 5.13 Å². The van der Waals surface area contributed by atoms with Crippen molar-refractivity contribution in [3.63, 3.8) is 0 Å². The van der Waals surface area contributed by atoms with Gasteiger partial charge in [-0.25, -0.2) is 4.98 Å². The predicted octanol–water partition coefficient (Wildman–Crippen LogP) is 3.96. The summed E-state index contributed by atoms with van der Waals surface area (Å²) >= 11 is 1.35. The average Bonchev–Trinajstić information content (AvgIpc) is 3.10. The largest absolute Gasteiger partial charge is 0.483 e. The number of nitrogens with zero attached hydrogens (tertiary/aromatic N) is 1. The highest BCUT2D eigenvalue weighted by molar-refractivity contribution is 7.14. The van der Waals surface area contributed by atoms with Crippen LogP contribution in [0.25, 0.3) is 0 Å². The molecule has 2 heterocycles. The molecule has 7 heteroatoms. The molecule has 6 nitrogen and oxygen atoms in total. The zero-order valence-corrected chi connectivity index (χ0v) is 16.2. The molecule has 3 rings (SSSR count). The van der Waals surface area contributed by atoms with E-state index in [-0.39, 0.29) is 28.9 Å². The van der Waals surface area contributed by atoms with E-state index in [4.69, 9.17) is 4.74 Å². The van der Waals surface area contributed by atoms with Crippen molar-refractivity contribution in [3.8, 4) is 5.75 Å². The van der Waals surface area contributed by atoms with Crippen LogP contribution in [0.4, 0.5) is 5.13 Å². The lowest BCUT2D eigenvalue weighted by atomic mass is 9.93. The molecule has 1 aromatic carbocycles. The Kier molecular flexibility index (Phi) is 5.41. The van der Waals surface area contributed by atoms with E-state index in [0.717, 1.165) is 11.3 Å². The van der Waals surface area contributed by atoms with Gasteiger partial charge in [0.1, 0.15) is 12.3 Å². The van der Waals surface area contributed by atoms with Crippen molar-refractivity contribution in [3.05, 3.63) is 75.1 Å². The maximum atomic E-state index is 12.4. The van der Waals surface area contributed by atoms with Crippen LogP contribution in [0.1, 0.15) is 42.5 Å². The smallest absolute Gasteiger partial charge is 0.273 e. The first kappa shape index (κ1) is 18.8. The van der Waals surface area contributed by atoms with Crippen molar-refractivity contribution in [1.29, 1.82) is 0 Å². The third-order valence-corrected chi connectivity index (χ3v) is 4.61. The Bertz CT molecular complexity index is 987. The fourth-order valence-electron chi connectivity index (χ4n) is 2.28. The van der Waals surface area contributed by atoms with Crippen LogP contribution in [-0.2, 0) is 12.0 Å².